The minimum absolute atomic E-state index is 0.126. The zero-order valence-electron chi connectivity index (χ0n) is 18.6. The second kappa shape index (κ2) is 8.55. The lowest BCUT2D eigenvalue weighted by atomic mass is 9.95. The molecule has 3 aromatic carbocycles. The number of nitrogens with one attached hydrogen (secondary N) is 1. The van der Waals surface area contributed by atoms with E-state index in [0.29, 0.717) is 22.5 Å². The van der Waals surface area contributed by atoms with Gasteiger partial charge in [-0.25, -0.2) is 4.39 Å². The summed E-state index contributed by atoms with van der Waals surface area (Å²) >= 11 is 0. The van der Waals surface area contributed by atoms with Crippen LogP contribution in [0.5, 0.6) is 17.2 Å². The average molecular weight is 459 g/mol. The molecule has 1 unspecified atom stereocenters. The number of aromatic nitrogens is 2. The number of amides is 1. The Labute approximate surface area is 195 Å². The maximum atomic E-state index is 13.5. The number of methoxy groups -OCH3 is 2. The molecular formula is C26H22FN3O4. The number of rotatable bonds is 6. The lowest BCUT2D eigenvalue weighted by Gasteiger charge is -2.27. The van der Waals surface area contributed by atoms with Crippen molar-refractivity contribution in [2.45, 2.75) is 12.6 Å². The van der Waals surface area contributed by atoms with Gasteiger partial charge < -0.3 is 19.5 Å². The third-order valence-corrected chi connectivity index (χ3v) is 6.00. The van der Waals surface area contributed by atoms with Gasteiger partial charge in [-0.2, -0.15) is 5.10 Å². The number of phenolic OH excluding ortho intramolecular Hbond substituents is 1. The fourth-order valence-corrected chi connectivity index (χ4v) is 4.38. The van der Waals surface area contributed by atoms with E-state index in [1.165, 1.54) is 26.4 Å². The van der Waals surface area contributed by atoms with Gasteiger partial charge in [-0.05, 0) is 35.4 Å². The van der Waals surface area contributed by atoms with Crippen LogP contribution in [0.25, 0.3) is 11.3 Å². The van der Waals surface area contributed by atoms with Gasteiger partial charge in [0.25, 0.3) is 5.91 Å². The highest BCUT2D eigenvalue weighted by atomic mass is 19.1. The number of carbonyl (C=O) groups excluding carboxylic acids is 1. The van der Waals surface area contributed by atoms with E-state index in [0.717, 1.165) is 11.1 Å². The normalized spacial score (nSPS) is 14.9. The summed E-state index contributed by atoms with van der Waals surface area (Å²) in [6, 6.07) is 18.4. The van der Waals surface area contributed by atoms with Crippen LogP contribution in [-0.2, 0) is 6.54 Å². The molecule has 0 radical (unpaired) electrons. The van der Waals surface area contributed by atoms with Gasteiger partial charge in [0, 0.05) is 17.7 Å². The Balaban J connectivity index is 1.69. The molecule has 1 aliphatic rings. The fourth-order valence-electron chi connectivity index (χ4n) is 4.38. The Hall–Kier alpha value is -4.33. The molecule has 4 aromatic rings. The molecule has 0 saturated carbocycles. The van der Waals surface area contributed by atoms with Crippen LogP contribution in [-0.4, -0.2) is 40.3 Å². The Morgan fingerprint density at radius 1 is 1.03 bits per heavy atom. The molecular weight excluding hydrogens is 437 g/mol. The van der Waals surface area contributed by atoms with E-state index in [2.05, 4.69) is 10.2 Å². The monoisotopic (exact) mass is 459 g/mol. The number of halogens is 1. The third kappa shape index (κ3) is 3.53. The molecule has 2 heterocycles. The molecule has 1 atom stereocenters. The highest BCUT2D eigenvalue weighted by Crippen LogP contribution is 2.47. The number of hydrogen-bond donors (Lipinski definition) is 2. The van der Waals surface area contributed by atoms with Gasteiger partial charge in [-0.15, -0.1) is 0 Å². The van der Waals surface area contributed by atoms with Crippen molar-refractivity contribution in [3.8, 4) is 28.5 Å². The summed E-state index contributed by atoms with van der Waals surface area (Å²) in [5.41, 5.74) is 4.07. The summed E-state index contributed by atoms with van der Waals surface area (Å²) < 4.78 is 24.2. The number of H-pyrrole nitrogens is 1. The number of aromatic amines is 1. The molecule has 34 heavy (non-hydrogen) atoms. The standard InChI is InChI=1S/C26H22FN3O4/c1-33-19-12-17(13-20(34-2)25(19)31)24-21-22(16-6-4-3-5-7-16)28-29-23(21)26(32)30(24)14-15-8-10-18(27)11-9-15/h3-13,24,31H,14H2,1-2H3,(H,28,29). The molecule has 1 aliphatic heterocycles. The molecule has 0 saturated heterocycles. The Kier molecular flexibility index (Phi) is 5.41. The van der Waals surface area contributed by atoms with E-state index in [4.69, 9.17) is 9.47 Å². The fraction of sp³-hybridized carbons (Fsp3) is 0.154. The van der Waals surface area contributed by atoms with Gasteiger partial charge in [0.1, 0.15) is 11.5 Å². The number of ether oxygens (including phenoxy) is 2. The first-order valence-corrected chi connectivity index (χ1v) is 10.7. The zero-order chi connectivity index (χ0) is 23.8. The van der Waals surface area contributed by atoms with Crippen LogP contribution in [0.2, 0.25) is 0 Å². The molecule has 1 aromatic heterocycles. The summed E-state index contributed by atoms with van der Waals surface area (Å²) in [5, 5.41) is 17.8. The first-order valence-electron chi connectivity index (χ1n) is 10.7. The van der Waals surface area contributed by atoms with Crippen LogP contribution >= 0.6 is 0 Å². The van der Waals surface area contributed by atoms with Gasteiger partial charge in [-0.1, -0.05) is 42.5 Å². The van der Waals surface area contributed by atoms with Gasteiger partial charge in [0.15, 0.2) is 11.5 Å². The molecule has 2 N–H and O–H groups in total. The topological polar surface area (TPSA) is 87.7 Å². The number of hydrogen-bond acceptors (Lipinski definition) is 5. The molecule has 5 rings (SSSR count). The molecule has 172 valence electrons. The summed E-state index contributed by atoms with van der Waals surface area (Å²) in [7, 11) is 2.90. The SMILES string of the molecule is COc1cc(C2c3c(-c4ccccc4)n[nH]c3C(=O)N2Cc2ccc(F)cc2)cc(OC)c1O. The van der Waals surface area contributed by atoms with E-state index in [1.807, 2.05) is 30.3 Å². The second-order valence-electron chi connectivity index (χ2n) is 7.96. The van der Waals surface area contributed by atoms with Crippen molar-refractivity contribution in [3.05, 3.63) is 94.9 Å². The highest BCUT2D eigenvalue weighted by Gasteiger charge is 2.42. The van der Waals surface area contributed by atoms with E-state index in [9.17, 15) is 14.3 Å². The number of benzene rings is 3. The number of phenols is 1. The zero-order valence-corrected chi connectivity index (χ0v) is 18.6. The van der Waals surface area contributed by atoms with Gasteiger partial charge in [-0.3, -0.25) is 9.89 Å². The van der Waals surface area contributed by atoms with Crippen molar-refractivity contribution in [1.82, 2.24) is 15.1 Å². The summed E-state index contributed by atoms with van der Waals surface area (Å²) in [6.45, 7) is 0.242. The van der Waals surface area contributed by atoms with Crippen LogP contribution in [0.15, 0.2) is 66.7 Å². The van der Waals surface area contributed by atoms with Crippen molar-refractivity contribution >= 4 is 5.91 Å². The smallest absolute Gasteiger partial charge is 0.273 e. The first-order chi connectivity index (χ1) is 16.5. The van der Waals surface area contributed by atoms with Crippen molar-refractivity contribution in [3.63, 3.8) is 0 Å². The minimum atomic E-state index is -0.551. The van der Waals surface area contributed by atoms with Crippen LogP contribution in [0.1, 0.15) is 33.2 Å². The number of fused-ring (bicyclic) bond motifs is 1. The van der Waals surface area contributed by atoms with Crippen LogP contribution in [0, 0.1) is 5.82 Å². The van der Waals surface area contributed by atoms with E-state index >= 15 is 0 Å². The molecule has 1 amide bonds. The molecule has 8 heteroatoms. The Bertz CT molecular complexity index is 1330. The van der Waals surface area contributed by atoms with Gasteiger partial charge in [0.05, 0.1) is 26.0 Å². The summed E-state index contributed by atoms with van der Waals surface area (Å²) in [6.07, 6.45) is 0. The Morgan fingerprint density at radius 3 is 2.29 bits per heavy atom. The lowest BCUT2D eigenvalue weighted by molar-refractivity contribution is 0.0729. The number of aromatic hydroxyl groups is 1. The van der Waals surface area contributed by atoms with Crippen LogP contribution < -0.4 is 9.47 Å². The second-order valence-corrected chi connectivity index (χ2v) is 7.96. The molecule has 0 spiro atoms. The molecule has 7 nitrogen and oxygen atoms in total. The highest BCUT2D eigenvalue weighted by molar-refractivity contribution is 6.00. The van der Waals surface area contributed by atoms with Crippen LogP contribution in [0.3, 0.4) is 0 Å². The average Bonchev–Trinajstić information content (AvgIpc) is 3.40. The van der Waals surface area contributed by atoms with Crippen molar-refractivity contribution in [2.24, 2.45) is 0 Å². The van der Waals surface area contributed by atoms with E-state index < -0.39 is 6.04 Å². The summed E-state index contributed by atoms with van der Waals surface area (Å²) in [4.78, 5) is 15.2. The predicted molar refractivity (Wildman–Crippen MR) is 123 cm³/mol. The molecule has 0 bridgehead atoms. The Morgan fingerprint density at radius 2 is 1.68 bits per heavy atom. The molecule has 0 aliphatic carbocycles. The largest absolute Gasteiger partial charge is 0.502 e. The minimum Gasteiger partial charge on any atom is -0.502 e. The van der Waals surface area contributed by atoms with Gasteiger partial charge in [0.2, 0.25) is 5.75 Å². The predicted octanol–water partition coefficient (Wildman–Crippen LogP) is 4.68. The van der Waals surface area contributed by atoms with Crippen molar-refractivity contribution in [2.75, 3.05) is 14.2 Å². The maximum absolute atomic E-state index is 13.5. The van der Waals surface area contributed by atoms with Gasteiger partial charge >= 0.3 is 0 Å². The number of nitrogens with zero attached hydrogens (tertiary/aromatic N) is 2. The van der Waals surface area contributed by atoms with Crippen LogP contribution in [0.4, 0.5) is 4.39 Å². The third-order valence-electron chi connectivity index (χ3n) is 6.00. The maximum Gasteiger partial charge on any atom is 0.273 e. The van der Waals surface area contributed by atoms with Crippen molar-refractivity contribution in [1.29, 1.82) is 0 Å². The lowest BCUT2D eigenvalue weighted by Crippen LogP contribution is -2.29. The van der Waals surface area contributed by atoms with Crippen molar-refractivity contribution < 1.29 is 23.8 Å². The van der Waals surface area contributed by atoms with E-state index in [-0.39, 0.29) is 35.5 Å². The first kappa shape index (κ1) is 21.5. The quantitative estimate of drug-likeness (QED) is 0.437. The molecule has 0 fully saturated rings. The summed E-state index contributed by atoms with van der Waals surface area (Å²) in [5.74, 6) is -0.255. The number of carbonyl (C=O) groups is 1. The van der Waals surface area contributed by atoms with E-state index in [1.54, 1.807) is 29.2 Å².